The molecule has 0 N–H and O–H groups in total. The van der Waals surface area contributed by atoms with Gasteiger partial charge in [-0.15, -0.1) is 24.8 Å². The average Bonchev–Trinajstić information content (AvgIpc) is 2.03. The third-order valence-corrected chi connectivity index (χ3v) is 2.87. The van der Waals surface area contributed by atoms with E-state index in [-0.39, 0.29) is 37.2 Å². The van der Waals surface area contributed by atoms with Crippen molar-refractivity contribution in [3.8, 4) is 0 Å². The Hall–Kier alpha value is 0.790. The predicted octanol–water partition coefficient (Wildman–Crippen LogP) is -0.974. The molecule has 1 aliphatic heterocycles. The van der Waals surface area contributed by atoms with Gasteiger partial charge in [0.15, 0.2) is 0 Å². The highest BCUT2D eigenvalue weighted by Gasteiger charge is 2.23. The summed E-state index contributed by atoms with van der Waals surface area (Å²) in [5.74, 6) is 0. The normalized spacial score (nSPS) is 19.4. The van der Waals surface area contributed by atoms with E-state index in [1.807, 2.05) is 0 Å². The van der Waals surface area contributed by atoms with Crippen molar-refractivity contribution in [2.45, 2.75) is 19.8 Å². The lowest BCUT2D eigenvalue weighted by molar-refractivity contribution is -0.894. The molecule has 1 aliphatic rings. The molecule has 15 heavy (non-hydrogen) atoms. The van der Waals surface area contributed by atoms with E-state index in [0.717, 1.165) is 0 Å². The number of rotatable bonds is 3. The summed E-state index contributed by atoms with van der Waals surface area (Å²) >= 11 is 0. The molecule has 0 bridgehead atoms. The molecule has 2 nitrogen and oxygen atoms in total. The molecule has 0 aromatic carbocycles. The van der Waals surface area contributed by atoms with Crippen LogP contribution < -0.4 is 12.4 Å². The first-order valence-electron chi connectivity index (χ1n) is 5.18. The largest absolute Gasteiger partial charge is 1.00 e. The molecule has 0 spiro atoms. The third kappa shape index (κ3) is 8.58. The van der Waals surface area contributed by atoms with E-state index in [0.29, 0.717) is 0 Å². The van der Waals surface area contributed by atoms with Crippen molar-refractivity contribution in [2.24, 2.45) is 0 Å². The summed E-state index contributed by atoms with van der Waals surface area (Å²) in [6, 6.07) is 0. The lowest BCUT2D eigenvalue weighted by atomic mass is 10.2. The SMILES string of the molecule is CCCCN1CC[N+](C)(C)CC1.Cl.Cl.[Cl-]. The zero-order chi connectivity index (χ0) is 9.03. The Morgan fingerprint density at radius 1 is 1.07 bits per heavy atom. The fourth-order valence-corrected chi connectivity index (χ4v) is 1.65. The van der Waals surface area contributed by atoms with E-state index in [1.54, 1.807) is 0 Å². The van der Waals surface area contributed by atoms with Gasteiger partial charge in [0, 0.05) is 13.1 Å². The third-order valence-electron chi connectivity index (χ3n) is 2.87. The number of quaternary nitrogens is 1. The standard InChI is InChI=1S/C10H23N2.3ClH/c1-4-5-6-11-7-9-12(2,3)10-8-11;;;/h4-10H2,1-3H3;3*1H/q+1;;;/p-1. The van der Waals surface area contributed by atoms with Gasteiger partial charge in [0.1, 0.15) is 0 Å². The van der Waals surface area contributed by atoms with Crippen LogP contribution in [0.25, 0.3) is 0 Å². The van der Waals surface area contributed by atoms with Gasteiger partial charge >= 0.3 is 0 Å². The predicted molar refractivity (Wildman–Crippen MR) is 67.7 cm³/mol. The van der Waals surface area contributed by atoms with E-state index in [2.05, 4.69) is 25.9 Å². The molecular weight excluding hydrogens is 254 g/mol. The van der Waals surface area contributed by atoms with Crippen LogP contribution in [0.3, 0.4) is 0 Å². The molecular formula is C10H25Cl3N2. The molecule has 0 amide bonds. The number of unbranched alkanes of at least 4 members (excludes halogenated alkanes) is 1. The first kappa shape index (κ1) is 21.1. The van der Waals surface area contributed by atoms with Gasteiger partial charge < -0.3 is 16.9 Å². The Kier molecular flexibility index (Phi) is 14.0. The Balaban J connectivity index is -0.000000480. The van der Waals surface area contributed by atoms with Gasteiger partial charge in [-0.25, -0.2) is 0 Å². The van der Waals surface area contributed by atoms with Crippen LogP contribution in [0.2, 0.25) is 0 Å². The Morgan fingerprint density at radius 2 is 1.53 bits per heavy atom. The highest BCUT2D eigenvalue weighted by atomic mass is 35.5. The zero-order valence-corrected chi connectivity index (χ0v) is 12.4. The van der Waals surface area contributed by atoms with E-state index >= 15 is 0 Å². The quantitative estimate of drug-likeness (QED) is 0.601. The van der Waals surface area contributed by atoms with Crippen LogP contribution in [-0.2, 0) is 0 Å². The van der Waals surface area contributed by atoms with Crippen LogP contribution in [0, 0.1) is 0 Å². The smallest absolute Gasteiger partial charge is 0.0912 e. The van der Waals surface area contributed by atoms with E-state index in [1.165, 1.54) is 50.0 Å². The molecule has 0 unspecified atom stereocenters. The first-order valence-corrected chi connectivity index (χ1v) is 5.18. The van der Waals surface area contributed by atoms with Crippen LogP contribution in [-0.4, -0.2) is 56.2 Å². The average molecular weight is 280 g/mol. The maximum atomic E-state index is 2.60. The monoisotopic (exact) mass is 278 g/mol. The van der Waals surface area contributed by atoms with Crippen molar-refractivity contribution in [3.63, 3.8) is 0 Å². The molecule has 0 saturated carbocycles. The molecule has 0 aromatic heterocycles. The van der Waals surface area contributed by atoms with Gasteiger partial charge in [-0.3, -0.25) is 4.90 Å². The van der Waals surface area contributed by atoms with Crippen molar-refractivity contribution < 1.29 is 16.9 Å². The number of hydrogen-bond acceptors (Lipinski definition) is 1. The second kappa shape index (κ2) is 9.98. The van der Waals surface area contributed by atoms with Gasteiger partial charge in [0.05, 0.1) is 27.2 Å². The number of nitrogens with zero attached hydrogens (tertiary/aromatic N) is 2. The van der Waals surface area contributed by atoms with Gasteiger partial charge in [-0.05, 0) is 13.0 Å². The first-order chi connectivity index (χ1) is 5.64. The number of piperazine rings is 1. The minimum Gasteiger partial charge on any atom is -1.00 e. The van der Waals surface area contributed by atoms with E-state index in [9.17, 15) is 0 Å². The molecule has 0 atom stereocenters. The van der Waals surface area contributed by atoms with E-state index < -0.39 is 0 Å². The van der Waals surface area contributed by atoms with Crippen LogP contribution in [0.1, 0.15) is 19.8 Å². The molecule has 0 radical (unpaired) electrons. The molecule has 0 aliphatic carbocycles. The molecule has 1 fully saturated rings. The van der Waals surface area contributed by atoms with E-state index in [4.69, 9.17) is 0 Å². The van der Waals surface area contributed by atoms with Crippen LogP contribution in [0.5, 0.6) is 0 Å². The van der Waals surface area contributed by atoms with Gasteiger partial charge in [0.25, 0.3) is 0 Å². The van der Waals surface area contributed by atoms with Crippen molar-refractivity contribution >= 4 is 24.8 Å². The van der Waals surface area contributed by atoms with Gasteiger partial charge in [0.2, 0.25) is 0 Å². The van der Waals surface area contributed by atoms with Crippen molar-refractivity contribution in [1.82, 2.24) is 4.90 Å². The lowest BCUT2D eigenvalue weighted by Crippen LogP contribution is -3.00. The van der Waals surface area contributed by atoms with Gasteiger partial charge in [-0.1, -0.05) is 13.3 Å². The lowest BCUT2D eigenvalue weighted by Gasteiger charge is -2.39. The van der Waals surface area contributed by atoms with Crippen molar-refractivity contribution in [3.05, 3.63) is 0 Å². The number of halogens is 3. The molecule has 1 heterocycles. The number of hydrogen-bond donors (Lipinski definition) is 0. The molecule has 0 aromatic rings. The Bertz CT molecular complexity index is 133. The fourth-order valence-electron chi connectivity index (χ4n) is 1.65. The molecule has 96 valence electrons. The maximum Gasteiger partial charge on any atom is 0.0912 e. The highest BCUT2D eigenvalue weighted by Crippen LogP contribution is 2.06. The summed E-state index contributed by atoms with van der Waals surface area (Å²) in [5.41, 5.74) is 0. The minimum atomic E-state index is 0. The summed E-state index contributed by atoms with van der Waals surface area (Å²) in [6.07, 6.45) is 2.70. The summed E-state index contributed by atoms with van der Waals surface area (Å²) in [4.78, 5) is 2.60. The summed E-state index contributed by atoms with van der Waals surface area (Å²) in [5, 5.41) is 0. The Labute approximate surface area is 113 Å². The van der Waals surface area contributed by atoms with Crippen molar-refractivity contribution in [2.75, 3.05) is 46.8 Å². The Morgan fingerprint density at radius 3 is 1.93 bits per heavy atom. The topological polar surface area (TPSA) is 3.24 Å². The summed E-state index contributed by atoms with van der Waals surface area (Å²) < 4.78 is 1.21. The highest BCUT2D eigenvalue weighted by molar-refractivity contribution is 5.85. The number of likely N-dealkylation sites (N-methyl/N-ethyl adjacent to an activating group) is 1. The summed E-state index contributed by atoms with van der Waals surface area (Å²) in [7, 11) is 4.66. The van der Waals surface area contributed by atoms with Gasteiger partial charge in [-0.2, -0.15) is 0 Å². The molecule has 5 heteroatoms. The van der Waals surface area contributed by atoms with Crippen LogP contribution in [0.4, 0.5) is 0 Å². The fraction of sp³-hybridized carbons (Fsp3) is 1.00. The minimum absolute atomic E-state index is 0. The maximum absolute atomic E-state index is 2.60. The second-order valence-electron chi connectivity index (χ2n) is 4.58. The van der Waals surface area contributed by atoms with Crippen LogP contribution in [0.15, 0.2) is 0 Å². The van der Waals surface area contributed by atoms with Crippen LogP contribution >= 0.6 is 24.8 Å². The molecule has 1 saturated heterocycles. The zero-order valence-electron chi connectivity index (χ0n) is 10.0. The summed E-state index contributed by atoms with van der Waals surface area (Å²) in [6.45, 7) is 8.83. The second-order valence-corrected chi connectivity index (χ2v) is 4.58. The molecule has 1 rings (SSSR count). The van der Waals surface area contributed by atoms with Crippen molar-refractivity contribution in [1.29, 1.82) is 0 Å².